The Morgan fingerprint density at radius 2 is 2.04 bits per heavy atom. The molecule has 1 amide bonds. The highest BCUT2D eigenvalue weighted by molar-refractivity contribution is 5.97. The quantitative estimate of drug-likeness (QED) is 0.888. The third-order valence-corrected chi connectivity index (χ3v) is 4.72. The van der Waals surface area contributed by atoms with Crippen LogP contribution in [0.25, 0.3) is 0 Å². The van der Waals surface area contributed by atoms with E-state index in [1.54, 1.807) is 13.0 Å². The van der Waals surface area contributed by atoms with Gasteiger partial charge in [0.1, 0.15) is 5.75 Å². The minimum absolute atomic E-state index is 0. The van der Waals surface area contributed by atoms with Crippen molar-refractivity contribution in [3.63, 3.8) is 0 Å². The van der Waals surface area contributed by atoms with E-state index in [9.17, 15) is 4.79 Å². The van der Waals surface area contributed by atoms with Crippen LogP contribution in [0.5, 0.6) is 5.75 Å². The Morgan fingerprint density at radius 1 is 1.32 bits per heavy atom. The van der Waals surface area contributed by atoms with Crippen LogP contribution in [0, 0.1) is 18.8 Å². The molecule has 1 aromatic carbocycles. The Bertz CT molecular complexity index is 739. The topological polar surface area (TPSA) is 80.5 Å². The number of benzene rings is 1. The third kappa shape index (κ3) is 3.62. The number of rotatable bonds is 4. The average molecular weight is 365 g/mol. The number of nitrogens with zero attached hydrogens (tertiary/aromatic N) is 3. The molecule has 2 aromatic rings. The van der Waals surface area contributed by atoms with Gasteiger partial charge in [-0.1, -0.05) is 17.3 Å². The van der Waals surface area contributed by atoms with Crippen molar-refractivity contribution < 1.29 is 14.1 Å². The van der Waals surface area contributed by atoms with Gasteiger partial charge in [0.25, 0.3) is 5.91 Å². The zero-order chi connectivity index (χ0) is 16.5. The summed E-state index contributed by atoms with van der Waals surface area (Å²) < 4.78 is 10.7. The van der Waals surface area contributed by atoms with Gasteiger partial charge >= 0.3 is 0 Å². The van der Waals surface area contributed by atoms with E-state index in [1.165, 1.54) is 0 Å². The summed E-state index contributed by atoms with van der Waals surface area (Å²) in [5.74, 6) is 2.70. The summed E-state index contributed by atoms with van der Waals surface area (Å²) in [6.07, 6.45) is 0. The SMILES string of the molecule is Cc1nc(COc2ccccc2C(=O)N2C[C@H]3CNC[C@H]3C2)no1.Cl. The summed E-state index contributed by atoms with van der Waals surface area (Å²) in [7, 11) is 0. The van der Waals surface area contributed by atoms with Crippen molar-refractivity contribution in [2.75, 3.05) is 26.2 Å². The lowest BCUT2D eigenvalue weighted by Gasteiger charge is -2.19. The van der Waals surface area contributed by atoms with Crippen molar-refractivity contribution in [2.45, 2.75) is 13.5 Å². The van der Waals surface area contributed by atoms with E-state index < -0.39 is 0 Å². The molecule has 3 heterocycles. The maximum Gasteiger partial charge on any atom is 0.257 e. The normalized spacial score (nSPS) is 21.7. The van der Waals surface area contributed by atoms with Crippen molar-refractivity contribution in [1.82, 2.24) is 20.4 Å². The summed E-state index contributed by atoms with van der Waals surface area (Å²) in [6, 6.07) is 7.33. The smallest absolute Gasteiger partial charge is 0.257 e. The molecule has 0 bridgehead atoms. The molecule has 0 spiro atoms. The Morgan fingerprint density at radius 3 is 2.72 bits per heavy atom. The van der Waals surface area contributed by atoms with E-state index in [4.69, 9.17) is 9.26 Å². The fraction of sp³-hybridized carbons (Fsp3) is 0.471. The molecule has 1 N–H and O–H groups in total. The third-order valence-electron chi connectivity index (χ3n) is 4.72. The molecule has 0 saturated carbocycles. The minimum Gasteiger partial charge on any atom is -0.485 e. The fourth-order valence-corrected chi connectivity index (χ4v) is 3.50. The molecule has 0 radical (unpaired) electrons. The molecule has 2 fully saturated rings. The fourth-order valence-electron chi connectivity index (χ4n) is 3.50. The van der Waals surface area contributed by atoms with Gasteiger partial charge in [-0.2, -0.15) is 4.98 Å². The second kappa shape index (κ2) is 7.41. The average Bonchev–Trinajstić information content (AvgIpc) is 3.28. The van der Waals surface area contributed by atoms with E-state index in [2.05, 4.69) is 15.5 Å². The number of halogens is 1. The molecular formula is C17H21ClN4O3. The number of aryl methyl sites for hydroxylation is 1. The molecule has 2 aliphatic heterocycles. The van der Waals surface area contributed by atoms with E-state index >= 15 is 0 Å². The summed E-state index contributed by atoms with van der Waals surface area (Å²) in [4.78, 5) is 18.9. The lowest BCUT2D eigenvalue weighted by atomic mass is 10.0. The zero-order valence-corrected chi connectivity index (χ0v) is 14.8. The second-order valence-electron chi connectivity index (χ2n) is 6.40. The number of hydrogen-bond acceptors (Lipinski definition) is 6. The van der Waals surface area contributed by atoms with Crippen LogP contribution in [0.3, 0.4) is 0 Å². The molecule has 2 saturated heterocycles. The van der Waals surface area contributed by atoms with Gasteiger partial charge in [-0.05, 0) is 24.0 Å². The highest BCUT2D eigenvalue weighted by atomic mass is 35.5. The van der Waals surface area contributed by atoms with Crippen molar-refractivity contribution in [1.29, 1.82) is 0 Å². The first kappa shape index (κ1) is 17.7. The van der Waals surface area contributed by atoms with Crippen molar-refractivity contribution in [3.05, 3.63) is 41.5 Å². The largest absolute Gasteiger partial charge is 0.485 e. The van der Waals surface area contributed by atoms with Gasteiger partial charge in [-0.25, -0.2) is 0 Å². The second-order valence-corrected chi connectivity index (χ2v) is 6.40. The van der Waals surface area contributed by atoms with E-state index in [-0.39, 0.29) is 24.9 Å². The van der Waals surface area contributed by atoms with Crippen LogP contribution < -0.4 is 10.1 Å². The number of amides is 1. The molecular weight excluding hydrogens is 344 g/mol. The molecule has 1 aromatic heterocycles. The van der Waals surface area contributed by atoms with Crippen molar-refractivity contribution >= 4 is 18.3 Å². The number of carbonyl (C=O) groups excluding carboxylic acids is 1. The van der Waals surface area contributed by atoms with Gasteiger partial charge in [-0.3, -0.25) is 4.79 Å². The van der Waals surface area contributed by atoms with Crippen LogP contribution in [0.15, 0.2) is 28.8 Å². The summed E-state index contributed by atoms with van der Waals surface area (Å²) in [5, 5.41) is 7.20. The lowest BCUT2D eigenvalue weighted by molar-refractivity contribution is 0.0776. The maximum absolute atomic E-state index is 12.9. The number of fused-ring (bicyclic) bond motifs is 1. The van der Waals surface area contributed by atoms with Gasteiger partial charge in [0.15, 0.2) is 6.61 Å². The number of nitrogens with one attached hydrogen (secondary N) is 1. The number of likely N-dealkylation sites (tertiary alicyclic amines) is 1. The number of aromatic nitrogens is 2. The molecule has 25 heavy (non-hydrogen) atoms. The minimum atomic E-state index is 0. The van der Waals surface area contributed by atoms with Crippen molar-refractivity contribution in [2.24, 2.45) is 11.8 Å². The first-order chi connectivity index (χ1) is 11.7. The maximum atomic E-state index is 12.9. The molecule has 7 nitrogen and oxygen atoms in total. The molecule has 4 rings (SSSR count). The van der Waals surface area contributed by atoms with Gasteiger partial charge in [-0.15, -0.1) is 12.4 Å². The van der Waals surface area contributed by atoms with Crippen LogP contribution in [0.2, 0.25) is 0 Å². The number of hydrogen-bond donors (Lipinski definition) is 1. The summed E-state index contributed by atoms with van der Waals surface area (Å²) >= 11 is 0. The summed E-state index contributed by atoms with van der Waals surface area (Å²) in [5.41, 5.74) is 0.589. The Balaban J connectivity index is 0.00000182. The molecule has 2 aliphatic rings. The van der Waals surface area contributed by atoms with Gasteiger partial charge in [0.2, 0.25) is 11.7 Å². The first-order valence-electron chi connectivity index (χ1n) is 8.21. The Hall–Kier alpha value is -2.12. The Kier molecular flexibility index (Phi) is 5.24. The molecule has 0 unspecified atom stereocenters. The van der Waals surface area contributed by atoms with Crippen LogP contribution in [0.4, 0.5) is 0 Å². The van der Waals surface area contributed by atoms with Crippen molar-refractivity contribution in [3.8, 4) is 5.75 Å². The first-order valence-corrected chi connectivity index (χ1v) is 8.21. The number of ether oxygens (including phenoxy) is 1. The van der Waals surface area contributed by atoms with Crippen LogP contribution in [0.1, 0.15) is 22.1 Å². The predicted molar refractivity (Wildman–Crippen MR) is 92.8 cm³/mol. The molecule has 8 heteroatoms. The number of carbonyl (C=O) groups is 1. The standard InChI is InChI=1S/C17H20N4O3.ClH/c1-11-19-16(20-24-11)10-23-15-5-3-2-4-14(15)17(22)21-8-12-6-18-7-13(12)9-21;/h2-5,12-13,18H,6-10H2,1H3;1H/t12-,13+;. The van der Waals surface area contributed by atoms with E-state index in [1.807, 2.05) is 23.1 Å². The molecule has 0 aliphatic carbocycles. The zero-order valence-electron chi connectivity index (χ0n) is 14.0. The molecule has 2 atom stereocenters. The van der Waals surface area contributed by atoms with Gasteiger partial charge in [0, 0.05) is 33.1 Å². The van der Waals surface area contributed by atoms with Crippen LogP contribution in [-0.2, 0) is 6.61 Å². The van der Waals surface area contributed by atoms with E-state index in [0.717, 1.165) is 26.2 Å². The Labute approximate surface area is 152 Å². The molecule has 134 valence electrons. The predicted octanol–water partition coefficient (Wildman–Crippen LogP) is 1.67. The number of para-hydroxylation sites is 1. The lowest BCUT2D eigenvalue weighted by Crippen LogP contribution is -2.32. The van der Waals surface area contributed by atoms with E-state index in [0.29, 0.717) is 34.9 Å². The van der Waals surface area contributed by atoms with Gasteiger partial charge < -0.3 is 19.5 Å². The van der Waals surface area contributed by atoms with Crippen LogP contribution >= 0.6 is 12.4 Å². The van der Waals surface area contributed by atoms with Crippen LogP contribution in [-0.4, -0.2) is 47.1 Å². The highest BCUT2D eigenvalue weighted by Gasteiger charge is 2.38. The summed E-state index contributed by atoms with van der Waals surface area (Å²) in [6.45, 7) is 5.54. The van der Waals surface area contributed by atoms with Gasteiger partial charge in [0.05, 0.1) is 5.56 Å². The highest BCUT2D eigenvalue weighted by Crippen LogP contribution is 2.29. The monoisotopic (exact) mass is 364 g/mol.